The minimum atomic E-state index is -3.94. The summed E-state index contributed by atoms with van der Waals surface area (Å²) >= 11 is 13.3. The number of nitrogens with one attached hydrogen (secondary N) is 3. The molecule has 1 amide bonds. The second-order valence-corrected chi connectivity index (χ2v) is 10.5. The lowest BCUT2D eigenvalue weighted by Crippen LogP contribution is -2.19. The zero-order valence-electron chi connectivity index (χ0n) is 17.8. The van der Waals surface area contributed by atoms with Gasteiger partial charge in [-0.2, -0.15) is 5.10 Å². The number of para-hydroxylation sites is 1. The highest BCUT2D eigenvalue weighted by Gasteiger charge is 2.17. The Morgan fingerprint density at radius 3 is 2.46 bits per heavy atom. The van der Waals surface area contributed by atoms with Crippen LogP contribution >= 0.6 is 34.5 Å². The quantitative estimate of drug-likeness (QED) is 0.192. The molecule has 0 fully saturated rings. The van der Waals surface area contributed by atoms with E-state index in [1.54, 1.807) is 18.2 Å². The number of hydrogen-bond acceptors (Lipinski definition) is 7. The Balaban J connectivity index is 1.42. The van der Waals surface area contributed by atoms with Gasteiger partial charge in [-0.15, -0.1) is 0 Å². The van der Waals surface area contributed by atoms with Crippen molar-refractivity contribution < 1.29 is 13.2 Å². The van der Waals surface area contributed by atoms with E-state index in [0.717, 1.165) is 5.69 Å². The number of rotatable bonds is 8. The van der Waals surface area contributed by atoms with E-state index in [1.165, 1.54) is 47.9 Å². The molecular weight excluding hydrogens is 529 g/mol. The SMILES string of the molecule is O=C(NN=Cc1sc(Nc2ccccc2)nc1Cl)c1cccc(S(=O)(=O)Nc2cccc(Cl)c2)c1. The maximum atomic E-state index is 12.7. The number of sulfonamides is 1. The van der Waals surface area contributed by atoms with Crippen molar-refractivity contribution in [3.63, 3.8) is 0 Å². The molecule has 35 heavy (non-hydrogen) atoms. The second-order valence-electron chi connectivity index (χ2n) is 7.01. The molecule has 178 valence electrons. The molecule has 8 nitrogen and oxygen atoms in total. The molecule has 0 radical (unpaired) electrons. The Hall–Kier alpha value is -3.44. The van der Waals surface area contributed by atoms with Crippen LogP contribution in [0, 0.1) is 0 Å². The number of nitrogens with zero attached hydrogens (tertiary/aromatic N) is 2. The van der Waals surface area contributed by atoms with Gasteiger partial charge in [0.1, 0.15) is 0 Å². The highest BCUT2D eigenvalue weighted by Crippen LogP contribution is 2.28. The predicted molar refractivity (Wildman–Crippen MR) is 141 cm³/mol. The van der Waals surface area contributed by atoms with Crippen LogP contribution in [-0.4, -0.2) is 25.5 Å². The molecule has 1 aromatic heterocycles. The number of hydrogen-bond donors (Lipinski definition) is 3. The molecule has 0 bridgehead atoms. The van der Waals surface area contributed by atoms with Crippen LogP contribution in [0.2, 0.25) is 10.2 Å². The minimum Gasteiger partial charge on any atom is -0.331 e. The summed E-state index contributed by atoms with van der Waals surface area (Å²) in [6.45, 7) is 0. The average Bonchev–Trinajstić information content (AvgIpc) is 3.18. The lowest BCUT2D eigenvalue weighted by Gasteiger charge is -2.09. The first-order valence-electron chi connectivity index (χ1n) is 10.0. The van der Waals surface area contributed by atoms with Crippen molar-refractivity contribution >= 4 is 73.2 Å². The normalized spacial score (nSPS) is 11.4. The topological polar surface area (TPSA) is 113 Å². The van der Waals surface area contributed by atoms with Crippen LogP contribution in [0.25, 0.3) is 0 Å². The first-order chi connectivity index (χ1) is 16.8. The third kappa shape index (κ3) is 6.58. The van der Waals surface area contributed by atoms with Crippen molar-refractivity contribution in [3.05, 3.63) is 99.5 Å². The van der Waals surface area contributed by atoms with Crippen molar-refractivity contribution in [1.29, 1.82) is 0 Å². The van der Waals surface area contributed by atoms with Crippen LogP contribution in [0.15, 0.2) is 88.9 Å². The van der Waals surface area contributed by atoms with Crippen LogP contribution in [0.1, 0.15) is 15.2 Å². The fourth-order valence-electron chi connectivity index (χ4n) is 2.88. The van der Waals surface area contributed by atoms with Crippen LogP contribution in [0.4, 0.5) is 16.5 Å². The lowest BCUT2D eigenvalue weighted by atomic mass is 10.2. The van der Waals surface area contributed by atoms with Gasteiger partial charge in [-0.3, -0.25) is 9.52 Å². The number of carbonyl (C=O) groups is 1. The molecule has 0 atom stereocenters. The van der Waals surface area contributed by atoms with Gasteiger partial charge in [0, 0.05) is 16.3 Å². The molecule has 1 heterocycles. The number of benzene rings is 3. The van der Waals surface area contributed by atoms with Crippen LogP contribution in [0.5, 0.6) is 0 Å². The van der Waals surface area contributed by atoms with Gasteiger partial charge in [0.15, 0.2) is 10.3 Å². The zero-order valence-corrected chi connectivity index (χ0v) is 20.9. The molecule has 0 aliphatic heterocycles. The number of halogens is 2. The summed E-state index contributed by atoms with van der Waals surface area (Å²) < 4.78 is 27.9. The lowest BCUT2D eigenvalue weighted by molar-refractivity contribution is 0.0955. The molecular formula is C23H17Cl2N5O3S2. The Morgan fingerprint density at radius 2 is 1.69 bits per heavy atom. The third-order valence-corrected chi connectivity index (χ3v) is 7.39. The van der Waals surface area contributed by atoms with E-state index in [1.807, 2.05) is 30.3 Å². The summed E-state index contributed by atoms with van der Waals surface area (Å²) in [6.07, 6.45) is 1.37. The number of thiazole rings is 1. The van der Waals surface area contributed by atoms with Crippen molar-refractivity contribution in [2.24, 2.45) is 5.10 Å². The number of hydrazone groups is 1. The summed E-state index contributed by atoms with van der Waals surface area (Å²) in [7, 11) is -3.94. The zero-order chi connectivity index (χ0) is 24.8. The van der Waals surface area contributed by atoms with Gasteiger partial charge in [0.2, 0.25) is 0 Å². The molecule has 0 saturated heterocycles. The van der Waals surface area contributed by atoms with Gasteiger partial charge < -0.3 is 5.32 Å². The molecule has 0 aliphatic rings. The number of carbonyl (C=O) groups excluding carboxylic acids is 1. The minimum absolute atomic E-state index is 0.0868. The largest absolute Gasteiger partial charge is 0.331 e. The van der Waals surface area contributed by atoms with E-state index >= 15 is 0 Å². The molecule has 4 aromatic rings. The van der Waals surface area contributed by atoms with E-state index < -0.39 is 15.9 Å². The molecule has 12 heteroatoms. The number of anilines is 3. The van der Waals surface area contributed by atoms with Crippen LogP contribution < -0.4 is 15.5 Å². The highest BCUT2D eigenvalue weighted by atomic mass is 35.5. The predicted octanol–water partition coefficient (Wildman–Crippen LogP) is 5.76. The second kappa shape index (κ2) is 10.9. The van der Waals surface area contributed by atoms with E-state index in [0.29, 0.717) is 20.7 Å². The van der Waals surface area contributed by atoms with Crippen molar-refractivity contribution in [2.75, 3.05) is 10.0 Å². The smallest absolute Gasteiger partial charge is 0.271 e. The molecule has 4 rings (SSSR count). The highest BCUT2D eigenvalue weighted by molar-refractivity contribution is 7.92. The van der Waals surface area contributed by atoms with E-state index in [2.05, 4.69) is 25.6 Å². The summed E-state index contributed by atoms with van der Waals surface area (Å²) in [5.41, 5.74) is 3.64. The summed E-state index contributed by atoms with van der Waals surface area (Å²) in [6, 6.07) is 21.3. The van der Waals surface area contributed by atoms with Gasteiger partial charge >= 0.3 is 0 Å². The molecule has 0 spiro atoms. The molecule has 3 N–H and O–H groups in total. The average molecular weight is 546 g/mol. The fourth-order valence-corrected chi connectivity index (χ4v) is 5.21. The van der Waals surface area contributed by atoms with Crippen molar-refractivity contribution in [3.8, 4) is 0 Å². The summed E-state index contributed by atoms with van der Waals surface area (Å²) in [5.74, 6) is -0.593. The Kier molecular flexibility index (Phi) is 7.67. The first-order valence-corrected chi connectivity index (χ1v) is 13.1. The van der Waals surface area contributed by atoms with Gasteiger partial charge in [0.05, 0.1) is 21.7 Å². The van der Waals surface area contributed by atoms with Crippen molar-refractivity contribution in [2.45, 2.75) is 4.90 Å². The van der Waals surface area contributed by atoms with Gasteiger partial charge in [-0.25, -0.2) is 18.8 Å². The maximum Gasteiger partial charge on any atom is 0.271 e. The van der Waals surface area contributed by atoms with Gasteiger partial charge in [0.25, 0.3) is 15.9 Å². The third-order valence-electron chi connectivity index (χ3n) is 4.47. The Bertz CT molecular complexity index is 1490. The summed E-state index contributed by atoms with van der Waals surface area (Å²) in [4.78, 5) is 17.2. The monoisotopic (exact) mass is 545 g/mol. The van der Waals surface area contributed by atoms with Gasteiger partial charge in [-0.1, -0.05) is 64.9 Å². The van der Waals surface area contributed by atoms with Crippen LogP contribution in [0.3, 0.4) is 0 Å². The Morgan fingerprint density at radius 1 is 0.943 bits per heavy atom. The standard InChI is InChI=1S/C23H17Cl2N5O3S2/c24-16-7-5-10-18(13-16)30-35(32,33)19-11-4-6-15(12-19)22(31)29-26-14-20-21(25)28-23(34-20)27-17-8-2-1-3-9-17/h1-14,30H,(H,27,28)(H,29,31). The number of aromatic nitrogens is 1. The fraction of sp³-hybridized carbons (Fsp3) is 0. The van der Waals surface area contributed by atoms with E-state index in [-0.39, 0.29) is 15.6 Å². The molecule has 0 unspecified atom stereocenters. The molecule has 3 aromatic carbocycles. The van der Waals surface area contributed by atoms with E-state index in [4.69, 9.17) is 23.2 Å². The Labute approximate surface area is 215 Å². The van der Waals surface area contributed by atoms with Crippen molar-refractivity contribution in [1.82, 2.24) is 10.4 Å². The molecule has 0 saturated carbocycles. The van der Waals surface area contributed by atoms with E-state index in [9.17, 15) is 13.2 Å². The number of amides is 1. The molecule has 0 aliphatic carbocycles. The first kappa shape index (κ1) is 24.7. The van der Waals surface area contributed by atoms with Crippen LogP contribution in [-0.2, 0) is 10.0 Å². The maximum absolute atomic E-state index is 12.7. The summed E-state index contributed by atoms with van der Waals surface area (Å²) in [5, 5.41) is 8.24. The van der Waals surface area contributed by atoms with Gasteiger partial charge in [-0.05, 0) is 48.5 Å².